The van der Waals surface area contributed by atoms with Gasteiger partial charge in [-0.15, -0.1) is 0 Å². The number of ketones is 1. The Labute approximate surface area is 119 Å². The molecule has 0 fully saturated rings. The van der Waals surface area contributed by atoms with Crippen molar-refractivity contribution in [3.05, 3.63) is 23.2 Å². The van der Waals surface area contributed by atoms with Crippen LogP contribution in [0.4, 0.5) is 10.5 Å². The zero-order valence-corrected chi connectivity index (χ0v) is 11.8. The van der Waals surface area contributed by atoms with Gasteiger partial charge in [0, 0.05) is 29.8 Å². The van der Waals surface area contributed by atoms with Crippen molar-refractivity contribution >= 4 is 46.0 Å². The molecular weight excluding hydrogens is 288 g/mol. The summed E-state index contributed by atoms with van der Waals surface area (Å²) in [6.07, 6.45) is 0. The van der Waals surface area contributed by atoms with Crippen LogP contribution in [0.5, 0.6) is 0 Å². The molecule has 0 aromatic heterocycles. The number of benzene rings is 1. The molecule has 0 radical (unpaired) electrons. The molecular formula is C12H12ClN2O3S+. The van der Waals surface area contributed by atoms with Crippen molar-refractivity contribution in [2.24, 2.45) is 5.73 Å². The molecule has 2 rings (SSSR count). The lowest BCUT2D eigenvalue weighted by atomic mass is 10.2. The Morgan fingerprint density at radius 3 is 2.63 bits per heavy atom. The number of quaternary nitrogens is 1. The van der Waals surface area contributed by atoms with Crippen LogP contribution in [0.2, 0.25) is 5.02 Å². The van der Waals surface area contributed by atoms with Crippen LogP contribution in [0, 0.1) is 0 Å². The number of halogens is 1. The fourth-order valence-corrected chi connectivity index (χ4v) is 3.42. The molecule has 2 amide bonds. The molecule has 0 aliphatic carbocycles. The van der Waals surface area contributed by atoms with Crippen molar-refractivity contribution in [3.63, 3.8) is 0 Å². The molecule has 0 saturated carbocycles. The number of carbonyl (C=O) groups excluding carboxylic acids is 3. The third-order valence-electron chi connectivity index (χ3n) is 2.85. The Kier molecular flexibility index (Phi) is 3.66. The number of primary amides is 1. The largest absolute Gasteiger partial charge is 0.385 e. The Hall–Kier alpha value is -1.37. The third-order valence-corrected chi connectivity index (χ3v) is 4.17. The van der Waals surface area contributed by atoms with Gasteiger partial charge in [-0.25, -0.2) is 9.28 Å². The molecule has 1 aliphatic rings. The summed E-state index contributed by atoms with van der Waals surface area (Å²) >= 11 is 6.95. The van der Waals surface area contributed by atoms with Crippen molar-refractivity contribution in [1.29, 1.82) is 0 Å². The quantitative estimate of drug-likeness (QED) is 0.862. The molecule has 1 aliphatic heterocycles. The van der Waals surface area contributed by atoms with Gasteiger partial charge in [-0.3, -0.25) is 9.59 Å². The van der Waals surface area contributed by atoms with Crippen LogP contribution in [0.1, 0.15) is 6.92 Å². The topological polar surface area (TPSA) is 77.2 Å². The molecule has 7 heteroatoms. The second-order valence-electron chi connectivity index (χ2n) is 4.43. The van der Waals surface area contributed by atoms with Crippen molar-refractivity contribution in [1.82, 2.24) is 4.48 Å². The molecule has 0 saturated heterocycles. The average Bonchev–Trinajstić information content (AvgIpc) is 2.51. The zero-order chi connectivity index (χ0) is 14.2. The van der Waals surface area contributed by atoms with Crippen molar-refractivity contribution in [2.75, 3.05) is 13.1 Å². The molecule has 1 unspecified atom stereocenters. The van der Waals surface area contributed by atoms with E-state index in [1.165, 1.54) is 6.92 Å². The van der Waals surface area contributed by atoms with E-state index < -0.39 is 5.91 Å². The number of nitrogens with zero attached hydrogens (tertiary/aromatic N) is 1. The summed E-state index contributed by atoms with van der Waals surface area (Å²) in [7, 11) is 0. The van der Waals surface area contributed by atoms with E-state index in [0.29, 0.717) is 15.6 Å². The van der Waals surface area contributed by atoms with Gasteiger partial charge < -0.3 is 5.73 Å². The van der Waals surface area contributed by atoms with E-state index in [-0.39, 0.29) is 28.6 Å². The van der Waals surface area contributed by atoms with E-state index >= 15 is 0 Å². The first-order valence-electron chi connectivity index (χ1n) is 5.52. The standard InChI is InChI=1S/C12H11ClN2O3S/c1-7(16)5-15(6-11(14)17)9-4-8(13)2-3-10(9)19-12(15)18/h2-4H,5-6H2,1H3,(H-,14,17)/p+1. The second kappa shape index (κ2) is 4.96. The maximum Gasteiger partial charge on any atom is 0.385 e. The van der Waals surface area contributed by atoms with Crippen LogP contribution in [0.3, 0.4) is 0 Å². The summed E-state index contributed by atoms with van der Waals surface area (Å²) in [5.41, 5.74) is 5.80. The number of amides is 2. The van der Waals surface area contributed by atoms with Crippen LogP contribution in [-0.4, -0.2) is 30.0 Å². The van der Waals surface area contributed by atoms with E-state index in [0.717, 1.165) is 11.8 Å². The normalized spacial score (nSPS) is 21.3. The second-order valence-corrected chi connectivity index (χ2v) is 5.86. The van der Waals surface area contributed by atoms with Gasteiger partial charge in [0.2, 0.25) is 0 Å². The highest BCUT2D eigenvalue weighted by atomic mass is 35.5. The van der Waals surface area contributed by atoms with Gasteiger partial charge in [0.1, 0.15) is 0 Å². The first-order chi connectivity index (χ1) is 8.85. The summed E-state index contributed by atoms with van der Waals surface area (Å²) < 4.78 is -0.384. The number of rotatable bonds is 4. The van der Waals surface area contributed by atoms with Crippen LogP contribution >= 0.6 is 23.4 Å². The van der Waals surface area contributed by atoms with Gasteiger partial charge in [0.15, 0.2) is 24.6 Å². The van der Waals surface area contributed by atoms with Crippen LogP contribution in [-0.2, 0) is 9.59 Å². The van der Waals surface area contributed by atoms with E-state index in [1.807, 2.05) is 0 Å². The lowest BCUT2D eigenvalue weighted by molar-refractivity contribution is -0.120. The lowest BCUT2D eigenvalue weighted by Gasteiger charge is -2.28. The van der Waals surface area contributed by atoms with Gasteiger partial charge >= 0.3 is 5.24 Å². The number of hydrogen-bond acceptors (Lipinski definition) is 4. The van der Waals surface area contributed by atoms with Gasteiger partial charge in [-0.05, 0) is 12.1 Å². The molecule has 1 aromatic rings. The van der Waals surface area contributed by atoms with Crippen LogP contribution in [0.25, 0.3) is 0 Å². The third kappa shape index (κ3) is 2.51. The first kappa shape index (κ1) is 14.0. The molecule has 0 bridgehead atoms. The number of carbonyl (C=O) groups is 3. The highest BCUT2D eigenvalue weighted by Crippen LogP contribution is 2.46. The van der Waals surface area contributed by atoms with Crippen molar-refractivity contribution < 1.29 is 14.4 Å². The fraction of sp³-hybridized carbons (Fsp3) is 0.250. The summed E-state index contributed by atoms with van der Waals surface area (Å²) in [4.78, 5) is 35.7. The predicted molar refractivity (Wildman–Crippen MR) is 74.1 cm³/mol. The van der Waals surface area contributed by atoms with Crippen LogP contribution in [0.15, 0.2) is 23.1 Å². The predicted octanol–water partition coefficient (Wildman–Crippen LogP) is 1.95. The molecule has 100 valence electrons. The SMILES string of the molecule is CC(=O)C[N+]1(CC(N)=O)C(=O)Sc2ccc(Cl)cc21. The maximum absolute atomic E-state index is 12.3. The Balaban J connectivity index is 2.59. The average molecular weight is 300 g/mol. The van der Waals surface area contributed by atoms with E-state index in [2.05, 4.69) is 0 Å². The highest BCUT2D eigenvalue weighted by Gasteiger charge is 2.49. The van der Waals surface area contributed by atoms with Gasteiger partial charge in [0.05, 0.1) is 4.90 Å². The Morgan fingerprint density at radius 1 is 1.37 bits per heavy atom. The molecule has 1 heterocycles. The molecule has 0 spiro atoms. The molecule has 1 aromatic carbocycles. The summed E-state index contributed by atoms with van der Waals surface area (Å²) in [6.45, 7) is 1.04. The number of nitrogens with two attached hydrogens (primary N) is 1. The van der Waals surface area contributed by atoms with E-state index in [4.69, 9.17) is 17.3 Å². The van der Waals surface area contributed by atoms with Crippen LogP contribution < -0.4 is 10.2 Å². The van der Waals surface area contributed by atoms with Crippen molar-refractivity contribution in [2.45, 2.75) is 11.8 Å². The molecule has 1 atom stereocenters. The van der Waals surface area contributed by atoms with Gasteiger partial charge in [0.25, 0.3) is 5.91 Å². The maximum atomic E-state index is 12.3. The minimum Gasteiger partial charge on any atom is -0.365 e. The minimum atomic E-state index is -0.636. The molecule has 19 heavy (non-hydrogen) atoms. The Morgan fingerprint density at radius 2 is 2.05 bits per heavy atom. The number of hydrogen-bond donors (Lipinski definition) is 1. The number of fused-ring (bicyclic) bond motifs is 1. The summed E-state index contributed by atoms with van der Waals surface area (Å²) in [5.74, 6) is -0.828. The fourth-order valence-electron chi connectivity index (χ4n) is 2.19. The Bertz CT molecular complexity index is 572. The summed E-state index contributed by atoms with van der Waals surface area (Å²) in [6, 6.07) is 4.99. The smallest absolute Gasteiger partial charge is 0.365 e. The van der Waals surface area contributed by atoms with E-state index in [9.17, 15) is 14.4 Å². The minimum absolute atomic E-state index is 0.0951. The van der Waals surface area contributed by atoms with Gasteiger partial charge in [-0.1, -0.05) is 11.6 Å². The lowest BCUT2D eigenvalue weighted by Crippen LogP contribution is -2.57. The van der Waals surface area contributed by atoms with Gasteiger partial charge in [-0.2, -0.15) is 0 Å². The number of Topliss-reactive ketones (excluding diaryl/α,β-unsaturated/α-hetero) is 1. The monoisotopic (exact) mass is 299 g/mol. The number of thioether (sulfide) groups is 1. The first-order valence-corrected chi connectivity index (χ1v) is 6.72. The molecule has 2 N–H and O–H groups in total. The van der Waals surface area contributed by atoms with Crippen molar-refractivity contribution in [3.8, 4) is 0 Å². The summed E-state index contributed by atoms with van der Waals surface area (Å²) in [5, 5.41) is 0.163. The zero-order valence-electron chi connectivity index (χ0n) is 10.2. The van der Waals surface area contributed by atoms with E-state index in [1.54, 1.807) is 18.2 Å². The molecule has 5 nitrogen and oxygen atoms in total. The highest BCUT2D eigenvalue weighted by molar-refractivity contribution is 8.14.